The van der Waals surface area contributed by atoms with E-state index in [1.165, 1.54) is 36.3 Å². The van der Waals surface area contributed by atoms with Crippen LogP contribution in [0.4, 0.5) is 4.39 Å². The fourth-order valence-electron chi connectivity index (χ4n) is 3.33. The first-order valence-electron chi connectivity index (χ1n) is 8.66. The van der Waals surface area contributed by atoms with E-state index in [0.717, 1.165) is 0 Å². The predicted molar refractivity (Wildman–Crippen MR) is 98.7 cm³/mol. The van der Waals surface area contributed by atoms with E-state index in [4.69, 9.17) is 4.74 Å². The van der Waals surface area contributed by atoms with Crippen molar-refractivity contribution in [1.29, 1.82) is 0 Å². The van der Waals surface area contributed by atoms with Crippen molar-refractivity contribution >= 4 is 17.4 Å². The van der Waals surface area contributed by atoms with Crippen molar-refractivity contribution in [3.8, 4) is 5.75 Å². The number of aliphatic hydroxyl groups is 1. The van der Waals surface area contributed by atoms with E-state index in [9.17, 15) is 19.1 Å². The largest absolute Gasteiger partial charge is 0.507 e. The third-order valence-corrected chi connectivity index (χ3v) is 4.56. The van der Waals surface area contributed by atoms with Crippen LogP contribution in [0, 0.1) is 5.82 Å². The summed E-state index contributed by atoms with van der Waals surface area (Å²) in [7, 11) is 1.50. The number of hydrogen-bond donors (Lipinski definition) is 1. The molecule has 1 atom stereocenters. The number of carbonyl (C=O) groups excluding carboxylic acids is 2. The topological polar surface area (TPSA) is 66.8 Å². The van der Waals surface area contributed by atoms with E-state index >= 15 is 0 Å². The van der Waals surface area contributed by atoms with Gasteiger partial charge in [-0.05, 0) is 36.8 Å². The second-order valence-corrected chi connectivity index (χ2v) is 6.24. The Morgan fingerprint density at radius 2 is 1.81 bits per heavy atom. The van der Waals surface area contributed by atoms with Crippen LogP contribution < -0.4 is 4.74 Å². The second kappa shape index (κ2) is 7.61. The number of ketones is 1. The summed E-state index contributed by atoms with van der Waals surface area (Å²) in [5.41, 5.74) is 0.853. The van der Waals surface area contributed by atoms with Crippen LogP contribution in [0.5, 0.6) is 5.75 Å². The van der Waals surface area contributed by atoms with Crippen LogP contribution in [0.25, 0.3) is 5.76 Å². The number of ether oxygens (including phenoxy) is 1. The maximum atomic E-state index is 13.2. The number of aliphatic hydroxyl groups excluding tert-OH is 1. The highest BCUT2D eigenvalue weighted by atomic mass is 19.1. The first kappa shape index (κ1) is 18.6. The van der Waals surface area contributed by atoms with Gasteiger partial charge in [0.25, 0.3) is 11.7 Å². The molecule has 5 nitrogen and oxygen atoms in total. The maximum Gasteiger partial charge on any atom is 0.295 e. The van der Waals surface area contributed by atoms with Crippen LogP contribution >= 0.6 is 0 Å². The zero-order chi connectivity index (χ0) is 19.6. The SMILES string of the molecule is CCCN1C(=O)C(=O)/C(=C(\O)c2ccc(F)cc2)C1c1ccccc1OC. The molecule has 3 rings (SSSR count). The van der Waals surface area contributed by atoms with E-state index in [0.29, 0.717) is 24.3 Å². The third kappa shape index (κ3) is 3.30. The van der Waals surface area contributed by atoms with E-state index in [1.807, 2.05) is 6.92 Å². The van der Waals surface area contributed by atoms with E-state index in [2.05, 4.69) is 0 Å². The van der Waals surface area contributed by atoms with Crippen molar-refractivity contribution in [2.24, 2.45) is 0 Å². The van der Waals surface area contributed by atoms with Gasteiger partial charge in [-0.2, -0.15) is 0 Å². The highest BCUT2D eigenvalue weighted by molar-refractivity contribution is 6.46. The number of carbonyl (C=O) groups is 2. The van der Waals surface area contributed by atoms with Crippen LogP contribution in [-0.4, -0.2) is 35.4 Å². The summed E-state index contributed by atoms with van der Waals surface area (Å²) in [5.74, 6) is -1.71. The Morgan fingerprint density at radius 1 is 1.15 bits per heavy atom. The molecule has 140 valence electrons. The number of methoxy groups -OCH3 is 1. The summed E-state index contributed by atoms with van der Waals surface area (Å²) >= 11 is 0. The molecule has 2 aromatic rings. The third-order valence-electron chi connectivity index (χ3n) is 4.56. The molecule has 6 heteroatoms. The molecule has 1 saturated heterocycles. The van der Waals surface area contributed by atoms with E-state index < -0.39 is 23.5 Å². The number of Topliss-reactive ketones (excluding diaryl/α,β-unsaturated/α-hetero) is 1. The fourth-order valence-corrected chi connectivity index (χ4v) is 3.33. The average molecular weight is 369 g/mol. The van der Waals surface area contributed by atoms with Gasteiger partial charge in [-0.15, -0.1) is 0 Å². The van der Waals surface area contributed by atoms with Gasteiger partial charge in [0.05, 0.1) is 18.7 Å². The minimum Gasteiger partial charge on any atom is -0.507 e. The summed E-state index contributed by atoms with van der Waals surface area (Å²) in [6.07, 6.45) is 0.648. The molecule has 0 aromatic heterocycles. The van der Waals surface area contributed by atoms with Crippen molar-refractivity contribution in [3.05, 3.63) is 71.0 Å². The Bertz CT molecular complexity index is 905. The predicted octanol–water partition coefficient (Wildman–Crippen LogP) is 3.67. The Morgan fingerprint density at radius 3 is 2.44 bits per heavy atom. The number of rotatable bonds is 5. The number of para-hydroxylation sites is 1. The van der Waals surface area contributed by atoms with Crippen LogP contribution in [0.15, 0.2) is 54.1 Å². The molecule has 0 saturated carbocycles. The molecule has 1 unspecified atom stereocenters. The van der Waals surface area contributed by atoms with Gasteiger partial charge in [0.2, 0.25) is 0 Å². The van der Waals surface area contributed by atoms with Gasteiger partial charge in [-0.1, -0.05) is 25.1 Å². The zero-order valence-electron chi connectivity index (χ0n) is 15.1. The van der Waals surface area contributed by atoms with Gasteiger partial charge in [0, 0.05) is 17.7 Å². The number of hydrogen-bond acceptors (Lipinski definition) is 4. The van der Waals surface area contributed by atoms with Crippen molar-refractivity contribution in [1.82, 2.24) is 4.90 Å². The molecule has 0 radical (unpaired) electrons. The molecule has 27 heavy (non-hydrogen) atoms. The molecule has 1 aliphatic rings. The quantitative estimate of drug-likeness (QED) is 0.496. The Balaban J connectivity index is 2.22. The summed E-state index contributed by atoms with van der Waals surface area (Å²) < 4.78 is 18.6. The van der Waals surface area contributed by atoms with Crippen molar-refractivity contribution in [2.75, 3.05) is 13.7 Å². The zero-order valence-corrected chi connectivity index (χ0v) is 15.1. The Kier molecular flexibility index (Phi) is 5.26. The number of amides is 1. The second-order valence-electron chi connectivity index (χ2n) is 6.24. The lowest BCUT2D eigenvalue weighted by Gasteiger charge is -2.26. The van der Waals surface area contributed by atoms with Crippen LogP contribution in [0.1, 0.15) is 30.5 Å². The molecular weight excluding hydrogens is 349 g/mol. The minimum atomic E-state index is -0.772. The van der Waals surface area contributed by atoms with Gasteiger partial charge in [0.15, 0.2) is 0 Å². The minimum absolute atomic E-state index is 0.0236. The van der Waals surface area contributed by atoms with E-state index in [-0.39, 0.29) is 16.9 Å². The molecule has 1 fully saturated rings. The Hall–Kier alpha value is -3.15. The highest BCUT2D eigenvalue weighted by Gasteiger charge is 2.46. The Labute approximate surface area is 156 Å². The molecule has 0 aliphatic carbocycles. The summed E-state index contributed by atoms with van der Waals surface area (Å²) in [4.78, 5) is 26.8. The molecule has 1 aliphatic heterocycles. The summed E-state index contributed by atoms with van der Waals surface area (Å²) in [6.45, 7) is 2.26. The smallest absolute Gasteiger partial charge is 0.295 e. The van der Waals surface area contributed by atoms with Gasteiger partial charge >= 0.3 is 0 Å². The molecular formula is C21H20FNO4. The normalized spacial score (nSPS) is 18.8. The lowest BCUT2D eigenvalue weighted by Crippen LogP contribution is -2.30. The van der Waals surface area contributed by atoms with Gasteiger partial charge < -0.3 is 14.7 Å². The molecule has 1 heterocycles. The molecule has 0 spiro atoms. The van der Waals surface area contributed by atoms with Crippen LogP contribution in [0.3, 0.4) is 0 Å². The van der Waals surface area contributed by atoms with Crippen LogP contribution in [-0.2, 0) is 9.59 Å². The lowest BCUT2D eigenvalue weighted by molar-refractivity contribution is -0.139. The first-order chi connectivity index (χ1) is 13.0. The van der Waals surface area contributed by atoms with Gasteiger partial charge in [0.1, 0.15) is 17.3 Å². The lowest BCUT2D eigenvalue weighted by atomic mass is 9.94. The maximum absolute atomic E-state index is 13.2. The average Bonchev–Trinajstić information content (AvgIpc) is 2.93. The first-order valence-corrected chi connectivity index (χ1v) is 8.66. The van der Waals surface area contributed by atoms with Crippen LogP contribution in [0.2, 0.25) is 0 Å². The number of benzene rings is 2. The number of halogens is 1. The molecule has 2 aromatic carbocycles. The molecule has 0 bridgehead atoms. The van der Waals surface area contributed by atoms with Crippen molar-refractivity contribution in [2.45, 2.75) is 19.4 Å². The standard InChI is InChI=1S/C21H20FNO4/c1-3-12-23-18(15-6-4-5-7-16(15)27-2)17(20(25)21(23)26)19(24)13-8-10-14(22)11-9-13/h4-11,18,24H,3,12H2,1-2H3/b19-17-. The molecule has 1 N–H and O–H groups in total. The van der Waals surface area contributed by atoms with Crippen molar-refractivity contribution in [3.63, 3.8) is 0 Å². The highest BCUT2D eigenvalue weighted by Crippen LogP contribution is 2.42. The number of likely N-dealkylation sites (tertiary alicyclic amines) is 1. The summed E-state index contributed by atoms with van der Waals surface area (Å²) in [6, 6.07) is 11.4. The van der Waals surface area contributed by atoms with Gasteiger partial charge in [-0.25, -0.2) is 4.39 Å². The summed E-state index contributed by atoms with van der Waals surface area (Å²) in [5, 5.41) is 10.8. The molecule has 1 amide bonds. The fraction of sp³-hybridized carbons (Fsp3) is 0.238. The number of nitrogens with zero attached hydrogens (tertiary/aromatic N) is 1. The van der Waals surface area contributed by atoms with Gasteiger partial charge in [-0.3, -0.25) is 9.59 Å². The van der Waals surface area contributed by atoms with E-state index in [1.54, 1.807) is 24.3 Å². The van der Waals surface area contributed by atoms with Crippen molar-refractivity contribution < 1.29 is 23.8 Å². The monoisotopic (exact) mass is 369 g/mol.